The third-order valence-electron chi connectivity index (χ3n) is 11.1. The zero-order chi connectivity index (χ0) is 35.4. The molecule has 0 N–H and O–H groups in total. The molecule has 0 radical (unpaired) electrons. The Morgan fingerprint density at radius 1 is 1.02 bits per heavy atom. The van der Waals surface area contributed by atoms with E-state index in [9.17, 15) is 27.6 Å². The van der Waals surface area contributed by atoms with Crippen LogP contribution in [0.5, 0.6) is 11.5 Å². The van der Waals surface area contributed by atoms with E-state index in [2.05, 4.69) is 17.0 Å². The molecule has 7 rings (SSSR count). The summed E-state index contributed by atoms with van der Waals surface area (Å²) in [5, 5.41) is 0. The second kappa shape index (κ2) is 12.6. The van der Waals surface area contributed by atoms with Gasteiger partial charge in [-0.25, -0.2) is 0 Å². The Balaban J connectivity index is 1.27. The summed E-state index contributed by atoms with van der Waals surface area (Å²) in [6.07, 6.45) is 0.368. The Morgan fingerprint density at radius 3 is 2.52 bits per heavy atom. The van der Waals surface area contributed by atoms with Crippen LogP contribution in [-0.4, -0.2) is 71.6 Å². The van der Waals surface area contributed by atoms with E-state index in [4.69, 9.17) is 14.2 Å². The van der Waals surface area contributed by atoms with Gasteiger partial charge in [0.15, 0.2) is 11.5 Å². The van der Waals surface area contributed by atoms with E-state index in [1.165, 1.54) is 43.7 Å². The number of likely N-dealkylation sites (N-methyl/N-ethyl adjacent to an activating group) is 1. The van der Waals surface area contributed by atoms with Gasteiger partial charge in [0.2, 0.25) is 5.91 Å². The topological polar surface area (TPSA) is 85.4 Å². The number of hydrogen-bond acceptors (Lipinski definition) is 7. The number of piperidine rings is 1. The number of carbonyl (C=O) groups is 3. The predicted molar refractivity (Wildman–Crippen MR) is 178 cm³/mol. The number of esters is 2. The van der Waals surface area contributed by atoms with Gasteiger partial charge in [-0.1, -0.05) is 48.5 Å². The van der Waals surface area contributed by atoms with E-state index in [1.807, 2.05) is 24.3 Å². The fraction of sp³-hybridized carbons (Fsp3) is 0.410. The van der Waals surface area contributed by atoms with Crippen LogP contribution in [0, 0.1) is 0 Å². The lowest BCUT2D eigenvalue weighted by Gasteiger charge is -2.65. The maximum absolute atomic E-state index is 13.7. The molecule has 2 aliphatic carbocycles. The molecule has 2 aliphatic heterocycles. The lowest BCUT2D eigenvalue weighted by atomic mass is 9.48. The summed E-state index contributed by atoms with van der Waals surface area (Å²) in [6, 6.07) is 18.1. The summed E-state index contributed by atoms with van der Waals surface area (Å²) < 4.78 is 59.0. The Morgan fingerprint density at radius 2 is 1.80 bits per heavy atom. The van der Waals surface area contributed by atoms with Crippen molar-refractivity contribution in [3.8, 4) is 11.5 Å². The highest BCUT2D eigenvalue weighted by molar-refractivity contribution is 5.92. The van der Waals surface area contributed by atoms with Crippen LogP contribution in [0.1, 0.15) is 60.9 Å². The standard InChI is InChI=1S/C39H39F3N2O6/c1-24(45)48-31-14-13-28-23-32-38(50-25(2)46)18-16-30(43(3)33(47)15-12-27-10-7-11-29(22-27)39(40,41)42)36-37(38,34(28)35(31)49-36)19-21-44(32)20-17-26-8-5-4-6-9-26/h4-15,22,30,32,36H,16-21,23H2,1-3H3/b15-12+/t30?,32-,36?,37+,38-/m1/s1. The molecule has 1 amide bonds. The fourth-order valence-electron chi connectivity index (χ4n) is 9.11. The molecule has 4 aliphatic rings. The van der Waals surface area contributed by atoms with Crippen LogP contribution >= 0.6 is 0 Å². The third-order valence-corrected chi connectivity index (χ3v) is 11.1. The molecule has 3 aromatic carbocycles. The van der Waals surface area contributed by atoms with Gasteiger partial charge in [-0.05, 0) is 79.6 Å². The predicted octanol–water partition coefficient (Wildman–Crippen LogP) is 6.14. The molecule has 1 saturated carbocycles. The minimum absolute atomic E-state index is 0.171. The van der Waals surface area contributed by atoms with Gasteiger partial charge in [0.1, 0.15) is 11.7 Å². The molecule has 1 saturated heterocycles. The molecular formula is C39H39F3N2O6. The summed E-state index contributed by atoms with van der Waals surface area (Å²) >= 11 is 0. The lowest BCUT2D eigenvalue weighted by Crippen LogP contribution is -2.79. The molecule has 50 heavy (non-hydrogen) atoms. The molecule has 262 valence electrons. The SMILES string of the molecule is CC(=O)Oc1ccc2c3c1OC1C(N(C)C(=O)/C=C/c4cccc(C(F)(F)F)c4)CC[C@@]4(OC(C)=O)[C@@H](C2)N(CCc2ccccc2)CC[C@]314. The number of alkyl halides is 3. The van der Waals surface area contributed by atoms with Crippen molar-refractivity contribution in [2.75, 3.05) is 20.1 Å². The van der Waals surface area contributed by atoms with Crippen molar-refractivity contribution in [1.82, 2.24) is 9.80 Å². The maximum Gasteiger partial charge on any atom is 0.416 e. The number of halogens is 3. The summed E-state index contributed by atoms with van der Waals surface area (Å²) in [4.78, 5) is 43.0. The maximum atomic E-state index is 13.7. The summed E-state index contributed by atoms with van der Waals surface area (Å²) in [5.41, 5.74) is 0.709. The highest BCUT2D eigenvalue weighted by Gasteiger charge is 2.75. The van der Waals surface area contributed by atoms with Gasteiger partial charge in [0.05, 0.1) is 23.1 Å². The van der Waals surface area contributed by atoms with E-state index in [0.29, 0.717) is 38.0 Å². The second-order valence-corrected chi connectivity index (χ2v) is 13.8. The summed E-state index contributed by atoms with van der Waals surface area (Å²) in [7, 11) is 1.66. The molecule has 0 aromatic heterocycles. The van der Waals surface area contributed by atoms with E-state index < -0.39 is 52.7 Å². The molecule has 1 spiro atoms. The number of carbonyl (C=O) groups excluding carboxylic acids is 3. The first-order valence-electron chi connectivity index (χ1n) is 17.0. The first-order chi connectivity index (χ1) is 23.8. The Hall–Kier alpha value is -4.64. The van der Waals surface area contributed by atoms with E-state index >= 15 is 0 Å². The largest absolute Gasteiger partial charge is 0.483 e. The van der Waals surface area contributed by atoms with E-state index in [-0.39, 0.29) is 17.4 Å². The van der Waals surface area contributed by atoms with Gasteiger partial charge in [-0.15, -0.1) is 0 Å². The molecule has 3 aromatic rings. The number of rotatable bonds is 8. The van der Waals surface area contributed by atoms with Crippen molar-refractivity contribution in [3.05, 3.63) is 101 Å². The Kier molecular flexibility index (Phi) is 8.53. The van der Waals surface area contributed by atoms with Crippen molar-refractivity contribution >= 4 is 23.9 Å². The monoisotopic (exact) mass is 688 g/mol. The highest BCUT2D eigenvalue weighted by Crippen LogP contribution is 2.67. The van der Waals surface area contributed by atoms with Crippen LogP contribution in [-0.2, 0) is 43.6 Å². The number of benzene rings is 3. The molecular weight excluding hydrogens is 649 g/mol. The summed E-state index contributed by atoms with van der Waals surface area (Å²) in [5.74, 6) is -0.604. The van der Waals surface area contributed by atoms with Crippen molar-refractivity contribution in [2.24, 2.45) is 0 Å². The first kappa shape index (κ1) is 33.8. The first-order valence-corrected chi connectivity index (χ1v) is 17.0. The van der Waals surface area contributed by atoms with Crippen molar-refractivity contribution in [1.29, 1.82) is 0 Å². The summed E-state index contributed by atoms with van der Waals surface area (Å²) in [6.45, 7) is 4.20. The number of ether oxygens (including phenoxy) is 3. The molecule has 5 atom stereocenters. The smallest absolute Gasteiger partial charge is 0.416 e. The van der Waals surface area contributed by atoms with Crippen LogP contribution in [0.2, 0.25) is 0 Å². The number of nitrogens with zero attached hydrogens (tertiary/aromatic N) is 2. The van der Waals surface area contributed by atoms with Crippen LogP contribution in [0.25, 0.3) is 6.08 Å². The van der Waals surface area contributed by atoms with Crippen molar-refractivity contribution in [2.45, 2.75) is 81.3 Å². The van der Waals surface area contributed by atoms with Crippen LogP contribution in [0.15, 0.2) is 72.8 Å². The highest BCUT2D eigenvalue weighted by atomic mass is 19.4. The number of hydrogen-bond donors (Lipinski definition) is 0. The van der Waals surface area contributed by atoms with Gasteiger partial charge < -0.3 is 19.1 Å². The van der Waals surface area contributed by atoms with Crippen LogP contribution in [0.4, 0.5) is 13.2 Å². The molecule has 2 unspecified atom stereocenters. The zero-order valence-electron chi connectivity index (χ0n) is 28.2. The minimum atomic E-state index is -4.51. The Bertz CT molecular complexity index is 1860. The van der Waals surface area contributed by atoms with E-state index in [0.717, 1.165) is 36.2 Å². The van der Waals surface area contributed by atoms with Gasteiger partial charge in [-0.3, -0.25) is 19.3 Å². The van der Waals surface area contributed by atoms with Crippen LogP contribution in [0.3, 0.4) is 0 Å². The third kappa shape index (κ3) is 5.55. The average molecular weight is 689 g/mol. The molecule has 2 fully saturated rings. The van der Waals surface area contributed by atoms with E-state index in [1.54, 1.807) is 18.0 Å². The van der Waals surface area contributed by atoms with Crippen LogP contribution < -0.4 is 9.47 Å². The second-order valence-electron chi connectivity index (χ2n) is 13.8. The number of likely N-dealkylation sites (tertiary alicyclic amines) is 1. The average Bonchev–Trinajstić information content (AvgIpc) is 3.43. The molecule has 8 nitrogen and oxygen atoms in total. The van der Waals surface area contributed by atoms with Gasteiger partial charge >= 0.3 is 18.1 Å². The van der Waals surface area contributed by atoms with Crippen molar-refractivity contribution in [3.63, 3.8) is 0 Å². The Labute approximate surface area is 288 Å². The van der Waals surface area contributed by atoms with Gasteiger partial charge in [0, 0.05) is 39.1 Å². The molecule has 2 bridgehead atoms. The van der Waals surface area contributed by atoms with Gasteiger partial charge in [0.25, 0.3) is 0 Å². The fourth-order valence-corrected chi connectivity index (χ4v) is 9.11. The molecule has 11 heteroatoms. The normalized spacial score (nSPS) is 26.6. The zero-order valence-corrected chi connectivity index (χ0v) is 28.2. The minimum Gasteiger partial charge on any atom is -0.483 e. The number of amides is 1. The van der Waals surface area contributed by atoms with Crippen molar-refractivity contribution < 1.29 is 41.8 Å². The quantitative estimate of drug-likeness (QED) is 0.160. The lowest BCUT2D eigenvalue weighted by molar-refractivity contribution is -0.223. The molecule has 2 heterocycles. The van der Waals surface area contributed by atoms with Gasteiger partial charge in [-0.2, -0.15) is 13.2 Å².